The van der Waals surface area contributed by atoms with Crippen LogP contribution in [0.5, 0.6) is 0 Å². The van der Waals surface area contributed by atoms with Gasteiger partial charge in [-0.2, -0.15) is 0 Å². The van der Waals surface area contributed by atoms with E-state index in [-0.39, 0.29) is 18.0 Å². The predicted molar refractivity (Wildman–Crippen MR) is 90.9 cm³/mol. The van der Waals surface area contributed by atoms with Crippen molar-refractivity contribution in [3.63, 3.8) is 0 Å². The first-order chi connectivity index (χ1) is 11.1. The fraction of sp³-hybridized carbons (Fsp3) is 0.529. The molecule has 126 valence electrons. The first-order valence-electron chi connectivity index (χ1n) is 7.98. The first-order valence-corrected chi connectivity index (χ1v) is 8.36. The summed E-state index contributed by atoms with van der Waals surface area (Å²) in [6.45, 7) is 0.906. The Balaban J connectivity index is 1.80. The van der Waals surface area contributed by atoms with E-state index in [9.17, 15) is 9.59 Å². The van der Waals surface area contributed by atoms with Crippen LogP contribution in [0.4, 0.5) is 5.69 Å². The Bertz CT molecular complexity index is 557. The second-order valence-corrected chi connectivity index (χ2v) is 6.26. The maximum atomic E-state index is 11.9. The molecule has 1 saturated carbocycles. The van der Waals surface area contributed by atoms with Gasteiger partial charge in [-0.05, 0) is 37.0 Å². The van der Waals surface area contributed by atoms with E-state index in [4.69, 9.17) is 11.6 Å². The SMILES string of the molecule is COC(=O)c1cc(NCC(=O)NCC2CCCCC2)ccc1Cl. The maximum absolute atomic E-state index is 11.9. The van der Waals surface area contributed by atoms with Gasteiger partial charge in [0.1, 0.15) is 0 Å². The Morgan fingerprint density at radius 3 is 2.70 bits per heavy atom. The number of rotatable bonds is 6. The zero-order chi connectivity index (χ0) is 16.7. The second-order valence-electron chi connectivity index (χ2n) is 5.85. The van der Waals surface area contributed by atoms with Gasteiger partial charge in [0.05, 0.1) is 24.2 Å². The lowest BCUT2D eigenvalue weighted by molar-refractivity contribution is -0.119. The van der Waals surface area contributed by atoms with Crippen molar-refractivity contribution in [2.75, 3.05) is 25.5 Å². The van der Waals surface area contributed by atoms with Crippen molar-refractivity contribution in [1.29, 1.82) is 0 Å². The van der Waals surface area contributed by atoms with E-state index in [0.29, 0.717) is 16.6 Å². The van der Waals surface area contributed by atoms with Gasteiger partial charge in [0.2, 0.25) is 5.91 Å². The molecule has 2 N–H and O–H groups in total. The minimum absolute atomic E-state index is 0.0508. The molecule has 0 unspecified atom stereocenters. The fourth-order valence-corrected chi connectivity index (χ4v) is 2.99. The summed E-state index contributed by atoms with van der Waals surface area (Å²) in [4.78, 5) is 23.5. The lowest BCUT2D eigenvalue weighted by atomic mass is 9.89. The average Bonchev–Trinajstić information content (AvgIpc) is 2.59. The number of halogens is 1. The van der Waals surface area contributed by atoms with E-state index in [1.165, 1.54) is 39.2 Å². The minimum atomic E-state index is -0.500. The molecule has 0 atom stereocenters. The monoisotopic (exact) mass is 338 g/mol. The van der Waals surface area contributed by atoms with Gasteiger partial charge in [-0.25, -0.2) is 4.79 Å². The Kier molecular flexibility index (Phi) is 6.71. The van der Waals surface area contributed by atoms with Gasteiger partial charge in [0.15, 0.2) is 0 Å². The molecule has 0 heterocycles. The highest BCUT2D eigenvalue weighted by Gasteiger charge is 2.15. The Hall–Kier alpha value is -1.75. The van der Waals surface area contributed by atoms with Gasteiger partial charge in [0.25, 0.3) is 0 Å². The van der Waals surface area contributed by atoms with Crippen LogP contribution in [0.25, 0.3) is 0 Å². The third kappa shape index (κ3) is 5.43. The summed E-state index contributed by atoms with van der Waals surface area (Å²) < 4.78 is 4.67. The molecule has 6 heteroatoms. The van der Waals surface area contributed by atoms with Gasteiger partial charge in [-0.3, -0.25) is 4.79 Å². The van der Waals surface area contributed by atoms with Gasteiger partial charge in [-0.15, -0.1) is 0 Å². The summed E-state index contributed by atoms with van der Waals surface area (Å²) >= 11 is 5.96. The number of hydrogen-bond acceptors (Lipinski definition) is 4. The third-order valence-electron chi connectivity index (χ3n) is 4.14. The normalized spacial score (nSPS) is 15.0. The smallest absolute Gasteiger partial charge is 0.339 e. The number of ether oxygens (including phenoxy) is 1. The lowest BCUT2D eigenvalue weighted by Crippen LogP contribution is -2.34. The molecule has 23 heavy (non-hydrogen) atoms. The van der Waals surface area contributed by atoms with E-state index < -0.39 is 5.97 Å². The topological polar surface area (TPSA) is 67.4 Å². The molecule has 5 nitrogen and oxygen atoms in total. The number of benzene rings is 1. The molecule has 0 saturated heterocycles. The summed E-state index contributed by atoms with van der Waals surface area (Å²) in [5, 5.41) is 6.29. The third-order valence-corrected chi connectivity index (χ3v) is 4.47. The molecule has 1 aliphatic carbocycles. The Labute approximate surface area is 141 Å². The van der Waals surface area contributed by atoms with Crippen molar-refractivity contribution >= 4 is 29.2 Å². The second kappa shape index (κ2) is 8.77. The molecule has 1 aliphatic rings. The molecule has 1 amide bonds. The largest absolute Gasteiger partial charge is 0.465 e. The van der Waals surface area contributed by atoms with Crippen LogP contribution in [0.15, 0.2) is 18.2 Å². The lowest BCUT2D eigenvalue weighted by Gasteiger charge is -2.21. The molecule has 1 aromatic carbocycles. The minimum Gasteiger partial charge on any atom is -0.465 e. The molecular formula is C17H23ClN2O3. The van der Waals surface area contributed by atoms with Crippen LogP contribution in [0.2, 0.25) is 5.02 Å². The van der Waals surface area contributed by atoms with Crippen LogP contribution in [0.3, 0.4) is 0 Å². The van der Waals surface area contributed by atoms with Gasteiger partial charge < -0.3 is 15.4 Å². The van der Waals surface area contributed by atoms with Crippen LogP contribution in [0, 0.1) is 5.92 Å². The van der Waals surface area contributed by atoms with Crippen molar-refractivity contribution < 1.29 is 14.3 Å². The number of hydrogen-bond donors (Lipinski definition) is 2. The highest BCUT2D eigenvalue weighted by atomic mass is 35.5. The van der Waals surface area contributed by atoms with E-state index in [0.717, 1.165) is 6.54 Å². The van der Waals surface area contributed by atoms with E-state index in [2.05, 4.69) is 15.4 Å². The van der Waals surface area contributed by atoms with Crippen molar-refractivity contribution in [1.82, 2.24) is 5.32 Å². The van der Waals surface area contributed by atoms with E-state index in [1.54, 1.807) is 18.2 Å². The molecular weight excluding hydrogens is 316 g/mol. The summed E-state index contributed by atoms with van der Waals surface area (Å²) in [6, 6.07) is 4.92. The Morgan fingerprint density at radius 2 is 2.00 bits per heavy atom. The van der Waals surface area contributed by atoms with Crippen molar-refractivity contribution in [3.05, 3.63) is 28.8 Å². The molecule has 0 bridgehead atoms. The number of methoxy groups -OCH3 is 1. The molecule has 2 rings (SSSR count). The van der Waals surface area contributed by atoms with Crippen molar-refractivity contribution in [3.8, 4) is 0 Å². The predicted octanol–water partition coefficient (Wildman–Crippen LogP) is 3.24. The van der Waals surface area contributed by atoms with Gasteiger partial charge in [-0.1, -0.05) is 30.9 Å². The number of amides is 1. The summed E-state index contributed by atoms with van der Waals surface area (Å²) in [6.07, 6.45) is 6.24. The zero-order valence-electron chi connectivity index (χ0n) is 13.4. The summed E-state index contributed by atoms with van der Waals surface area (Å²) in [5.41, 5.74) is 0.935. The first kappa shape index (κ1) is 17.6. The van der Waals surface area contributed by atoms with Crippen LogP contribution in [-0.2, 0) is 9.53 Å². The molecule has 0 aromatic heterocycles. The van der Waals surface area contributed by atoms with Crippen LogP contribution < -0.4 is 10.6 Å². The maximum Gasteiger partial charge on any atom is 0.339 e. The molecule has 0 spiro atoms. The number of anilines is 1. The number of nitrogens with one attached hydrogen (secondary N) is 2. The summed E-state index contributed by atoms with van der Waals surface area (Å²) in [7, 11) is 1.30. The zero-order valence-corrected chi connectivity index (χ0v) is 14.1. The standard InChI is InChI=1S/C17H23ClN2O3/c1-23-17(22)14-9-13(7-8-15(14)18)19-11-16(21)20-10-12-5-3-2-4-6-12/h7-9,12,19H,2-6,10-11H2,1H3,(H,20,21). The quantitative estimate of drug-likeness (QED) is 0.781. The van der Waals surface area contributed by atoms with Crippen molar-refractivity contribution in [2.24, 2.45) is 5.92 Å². The molecule has 0 radical (unpaired) electrons. The molecule has 0 aliphatic heterocycles. The van der Waals surface area contributed by atoms with E-state index in [1.807, 2.05) is 0 Å². The van der Waals surface area contributed by atoms with Crippen LogP contribution in [0.1, 0.15) is 42.5 Å². The number of esters is 1. The average molecular weight is 339 g/mol. The number of carbonyl (C=O) groups excluding carboxylic acids is 2. The Morgan fingerprint density at radius 1 is 1.26 bits per heavy atom. The van der Waals surface area contributed by atoms with Crippen LogP contribution >= 0.6 is 11.6 Å². The van der Waals surface area contributed by atoms with E-state index >= 15 is 0 Å². The van der Waals surface area contributed by atoms with Gasteiger partial charge >= 0.3 is 5.97 Å². The van der Waals surface area contributed by atoms with Crippen molar-refractivity contribution in [2.45, 2.75) is 32.1 Å². The number of carbonyl (C=O) groups is 2. The highest BCUT2D eigenvalue weighted by Crippen LogP contribution is 2.23. The summed E-state index contributed by atoms with van der Waals surface area (Å²) in [5.74, 6) is 0.0553. The molecule has 1 fully saturated rings. The molecule has 1 aromatic rings. The highest BCUT2D eigenvalue weighted by molar-refractivity contribution is 6.33. The van der Waals surface area contributed by atoms with Crippen LogP contribution in [-0.4, -0.2) is 32.1 Å². The fourth-order valence-electron chi connectivity index (χ4n) is 2.80. The van der Waals surface area contributed by atoms with Gasteiger partial charge in [0, 0.05) is 12.2 Å².